The highest BCUT2D eigenvalue weighted by Gasteiger charge is 2.29. The zero-order valence-electron chi connectivity index (χ0n) is 18.8. The molecule has 1 saturated heterocycles. The van der Waals surface area contributed by atoms with Crippen LogP contribution < -0.4 is 14.4 Å². The van der Waals surface area contributed by atoms with Crippen molar-refractivity contribution in [2.24, 2.45) is 0 Å². The van der Waals surface area contributed by atoms with Crippen molar-refractivity contribution >= 4 is 25.7 Å². The molecule has 33 heavy (non-hydrogen) atoms. The molecule has 0 atom stereocenters. The first-order valence-corrected chi connectivity index (χ1v) is 14.2. The van der Waals surface area contributed by atoms with E-state index in [0.29, 0.717) is 26.2 Å². The molecule has 0 radical (unpaired) electrons. The molecule has 1 aliphatic carbocycles. The SMILES string of the molecule is COc1ccc(N2CCN(S(=O)(=O)c3ccc(S(=O)(=O)NC4CCCCC4)cc3)CC2)cc1. The Hall–Kier alpha value is -2.14. The minimum absolute atomic E-state index is 0.0471. The van der Waals surface area contributed by atoms with Gasteiger partial charge in [0.1, 0.15) is 5.75 Å². The van der Waals surface area contributed by atoms with E-state index in [4.69, 9.17) is 4.74 Å². The Morgan fingerprint density at radius 1 is 0.788 bits per heavy atom. The van der Waals surface area contributed by atoms with E-state index in [1.54, 1.807) is 7.11 Å². The Labute approximate surface area is 196 Å². The summed E-state index contributed by atoms with van der Waals surface area (Å²) in [5, 5.41) is 0. The van der Waals surface area contributed by atoms with E-state index >= 15 is 0 Å². The van der Waals surface area contributed by atoms with Crippen LogP contribution in [0.15, 0.2) is 58.3 Å². The summed E-state index contributed by atoms with van der Waals surface area (Å²) in [5.74, 6) is 0.777. The molecule has 1 N–H and O–H groups in total. The molecule has 2 fully saturated rings. The fourth-order valence-corrected chi connectivity index (χ4v) is 7.15. The molecule has 1 heterocycles. The molecule has 0 aromatic heterocycles. The van der Waals surface area contributed by atoms with Crippen molar-refractivity contribution < 1.29 is 21.6 Å². The standard InChI is InChI=1S/C23H31N3O5S2/c1-31-21-9-7-20(8-10-21)25-15-17-26(18-16-25)33(29,30)23-13-11-22(12-14-23)32(27,28)24-19-5-3-2-4-6-19/h7-14,19,24H,2-6,15-18H2,1H3. The summed E-state index contributed by atoms with van der Waals surface area (Å²) in [4.78, 5) is 2.34. The molecule has 1 aliphatic heterocycles. The van der Waals surface area contributed by atoms with E-state index in [0.717, 1.165) is 43.5 Å². The van der Waals surface area contributed by atoms with E-state index in [-0.39, 0.29) is 15.8 Å². The first-order valence-electron chi connectivity index (χ1n) is 11.3. The predicted octanol–water partition coefficient (Wildman–Crippen LogP) is 2.82. The normalized spacial score (nSPS) is 18.9. The van der Waals surface area contributed by atoms with Gasteiger partial charge in [0.2, 0.25) is 20.0 Å². The Morgan fingerprint density at radius 3 is 1.94 bits per heavy atom. The van der Waals surface area contributed by atoms with E-state index in [9.17, 15) is 16.8 Å². The van der Waals surface area contributed by atoms with Crippen LogP contribution in [0.3, 0.4) is 0 Å². The van der Waals surface area contributed by atoms with Gasteiger partial charge in [0.25, 0.3) is 0 Å². The Kier molecular flexibility index (Phi) is 7.28. The first-order chi connectivity index (χ1) is 15.8. The second-order valence-electron chi connectivity index (χ2n) is 8.52. The summed E-state index contributed by atoms with van der Waals surface area (Å²) in [6.07, 6.45) is 4.87. The molecule has 2 aliphatic rings. The molecule has 2 aromatic rings. The van der Waals surface area contributed by atoms with Gasteiger partial charge in [-0.25, -0.2) is 21.6 Å². The third-order valence-electron chi connectivity index (χ3n) is 6.38. The van der Waals surface area contributed by atoms with Gasteiger partial charge >= 0.3 is 0 Å². The highest BCUT2D eigenvalue weighted by Crippen LogP contribution is 2.25. The van der Waals surface area contributed by atoms with Crippen molar-refractivity contribution in [2.75, 3.05) is 38.2 Å². The highest BCUT2D eigenvalue weighted by molar-refractivity contribution is 7.89. The van der Waals surface area contributed by atoms with Crippen LogP contribution in [0.1, 0.15) is 32.1 Å². The molecule has 4 rings (SSSR count). The Bertz CT molecular complexity index is 1140. The number of ether oxygens (including phenoxy) is 1. The quantitative estimate of drug-likeness (QED) is 0.637. The van der Waals surface area contributed by atoms with Crippen LogP contribution in [0.25, 0.3) is 0 Å². The van der Waals surface area contributed by atoms with Crippen molar-refractivity contribution in [2.45, 2.75) is 47.9 Å². The minimum atomic E-state index is -3.70. The van der Waals surface area contributed by atoms with Gasteiger partial charge in [-0.3, -0.25) is 0 Å². The number of piperazine rings is 1. The van der Waals surface area contributed by atoms with E-state index in [2.05, 4.69) is 9.62 Å². The molecule has 10 heteroatoms. The van der Waals surface area contributed by atoms with Crippen LogP contribution in [0.2, 0.25) is 0 Å². The van der Waals surface area contributed by atoms with Crippen LogP contribution in [0.5, 0.6) is 5.75 Å². The molecule has 180 valence electrons. The van der Waals surface area contributed by atoms with Gasteiger partial charge in [-0.2, -0.15) is 4.31 Å². The number of nitrogens with one attached hydrogen (secondary N) is 1. The lowest BCUT2D eigenvalue weighted by Gasteiger charge is -2.35. The summed E-state index contributed by atoms with van der Waals surface area (Å²) in [5.41, 5.74) is 1.02. The lowest BCUT2D eigenvalue weighted by molar-refractivity contribution is 0.384. The first kappa shape index (κ1) is 24.0. The summed E-state index contributed by atoms with van der Waals surface area (Å²) >= 11 is 0. The second-order valence-corrected chi connectivity index (χ2v) is 12.2. The molecule has 0 amide bonds. The monoisotopic (exact) mass is 493 g/mol. The number of benzene rings is 2. The fraction of sp³-hybridized carbons (Fsp3) is 0.478. The highest BCUT2D eigenvalue weighted by atomic mass is 32.2. The maximum Gasteiger partial charge on any atom is 0.243 e. The molecule has 0 spiro atoms. The summed E-state index contributed by atoms with van der Waals surface area (Å²) in [6.45, 7) is 1.86. The number of rotatable bonds is 7. The van der Waals surface area contributed by atoms with Gasteiger partial charge in [-0.15, -0.1) is 0 Å². The molecular formula is C23H31N3O5S2. The average molecular weight is 494 g/mol. The molecule has 1 saturated carbocycles. The van der Waals surface area contributed by atoms with Crippen molar-refractivity contribution in [1.82, 2.24) is 9.03 Å². The third-order valence-corrected chi connectivity index (χ3v) is 9.82. The average Bonchev–Trinajstić information content (AvgIpc) is 2.84. The number of methoxy groups -OCH3 is 1. The molecule has 0 unspecified atom stereocenters. The Morgan fingerprint density at radius 2 is 1.36 bits per heavy atom. The van der Waals surface area contributed by atoms with Gasteiger partial charge < -0.3 is 9.64 Å². The van der Waals surface area contributed by atoms with Gasteiger partial charge in [-0.1, -0.05) is 19.3 Å². The maximum atomic E-state index is 13.1. The van der Waals surface area contributed by atoms with E-state index in [1.165, 1.54) is 28.6 Å². The van der Waals surface area contributed by atoms with Crippen LogP contribution in [0, 0.1) is 0 Å². The van der Waals surface area contributed by atoms with E-state index < -0.39 is 20.0 Å². The van der Waals surface area contributed by atoms with Crippen molar-refractivity contribution in [3.8, 4) is 5.75 Å². The zero-order valence-corrected chi connectivity index (χ0v) is 20.4. The summed E-state index contributed by atoms with van der Waals surface area (Å²) < 4.78 is 61.0. The van der Waals surface area contributed by atoms with Gasteiger partial charge in [-0.05, 0) is 61.4 Å². The van der Waals surface area contributed by atoms with Crippen LogP contribution in [0.4, 0.5) is 5.69 Å². The summed E-state index contributed by atoms with van der Waals surface area (Å²) in [7, 11) is -5.74. The summed E-state index contributed by atoms with van der Waals surface area (Å²) in [6, 6.07) is 13.2. The number of hydrogen-bond acceptors (Lipinski definition) is 6. The fourth-order valence-electron chi connectivity index (χ4n) is 4.43. The number of nitrogens with zero attached hydrogens (tertiary/aromatic N) is 2. The van der Waals surface area contributed by atoms with Crippen molar-refractivity contribution in [1.29, 1.82) is 0 Å². The lowest BCUT2D eigenvalue weighted by atomic mass is 9.96. The lowest BCUT2D eigenvalue weighted by Crippen LogP contribution is -2.48. The maximum absolute atomic E-state index is 13.1. The van der Waals surface area contributed by atoms with Crippen LogP contribution in [-0.4, -0.2) is 60.5 Å². The van der Waals surface area contributed by atoms with Crippen molar-refractivity contribution in [3.63, 3.8) is 0 Å². The molecule has 2 aromatic carbocycles. The molecular weight excluding hydrogens is 462 g/mol. The van der Waals surface area contributed by atoms with Gasteiger partial charge in [0.05, 0.1) is 16.9 Å². The number of anilines is 1. The van der Waals surface area contributed by atoms with Crippen LogP contribution in [-0.2, 0) is 20.0 Å². The van der Waals surface area contributed by atoms with Gasteiger partial charge in [0, 0.05) is 37.9 Å². The molecule has 0 bridgehead atoms. The third kappa shape index (κ3) is 5.51. The zero-order chi connectivity index (χ0) is 23.5. The Balaban J connectivity index is 1.40. The van der Waals surface area contributed by atoms with Crippen LogP contribution >= 0.6 is 0 Å². The number of hydrogen-bond donors (Lipinski definition) is 1. The predicted molar refractivity (Wildman–Crippen MR) is 128 cm³/mol. The largest absolute Gasteiger partial charge is 0.497 e. The molecule has 8 nitrogen and oxygen atoms in total. The topological polar surface area (TPSA) is 96.0 Å². The minimum Gasteiger partial charge on any atom is -0.497 e. The van der Waals surface area contributed by atoms with Gasteiger partial charge in [0.15, 0.2) is 0 Å². The second kappa shape index (κ2) is 10.0. The number of sulfonamides is 2. The smallest absolute Gasteiger partial charge is 0.243 e. The van der Waals surface area contributed by atoms with Crippen molar-refractivity contribution in [3.05, 3.63) is 48.5 Å². The van der Waals surface area contributed by atoms with E-state index in [1.807, 2.05) is 24.3 Å².